The van der Waals surface area contributed by atoms with Gasteiger partial charge in [0.1, 0.15) is 11.6 Å². The van der Waals surface area contributed by atoms with E-state index in [1.165, 1.54) is 0 Å². The Kier molecular flexibility index (Phi) is 7.12. The standard InChI is InChI=1S/C17H20ClN3O2.ClH/c18-17(22)23-15-6-2-1-5-14(15)13-20-9-11-21(12-10-20)16-7-3-4-8-19-16;/h1-8,17,22H,9-13H2;1H. The lowest BCUT2D eigenvalue weighted by atomic mass is 10.1. The summed E-state index contributed by atoms with van der Waals surface area (Å²) in [5.74, 6) is 0.334. The van der Waals surface area contributed by atoms with Gasteiger partial charge in [0.05, 0.1) is 0 Å². The van der Waals surface area contributed by atoms with E-state index in [1.54, 1.807) is 0 Å². The zero-order valence-electron chi connectivity index (χ0n) is 13.2. The molecule has 1 aliphatic rings. The van der Waals surface area contributed by atoms with Crippen LogP contribution in [0.5, 0.6) is 5.75 Å². The molecule has 1 aromatic heterocycles. The molecule has 1 saturated heterocycles. The number of hydrogen-bond acceptors (Lipinski definition) is 5. The molecule has 7 heteroatoms. The Bertz CT molecular complexity index is 620. The van der Waals surface area contributed by atoms with Crippen molar-refractivity contribution in [1.82, 2.24) is 9.88 Å². The van der Waals surface area contributed by atoms with Crippen LogP contribution < -0.4 is 9.64 Å². The average molecular weight is 370 g/mol. The first kappa shape index (κ1) is 18.8. The first-order chi connectivity index (χ1) is 11.2. The summed E-state index contributed by atoms with van der Waals surface area (Å²) in [5, 5.41) is 9.21. The molecule has 1 atom stereocenters. The highest BCUT2D eigenvalue weighted by Gasteiger charge is 2.19. The summed E-state index contributed by atoms with van der Waals surface area (Å²) in [5.41, 5.74) is 1.03. The quantitative estimate of drug-likeness (QED) is 0.648. The van der Waals surface area contributed by atoms with Gasteiger partial charge < -0.3 is 14.7 Å². The zero-order chi connectivity index (χ0) is 16.1. The summed E-state index contributed by atoms with van der Waals surface area (Å²) < 4.78 is 5.25. The number of aliphatic hydroxyl groups excluding tert-OH is 1. The van der Waals surface area contributed by atoms with Gasteiger partial charge in [-0.25, -0.2) is 4.98 Å². The van der Waals surface area contributed by atoms with Crippen LogP contribution in [0.25, 0.3) is 0 Å². The lowest BCUT2D eigenvalue weighted by molar-refractivity contribution is 0.0537. The van der Waals surface area contributed by atoms with E-state index < -0.39 is 5.75 Å². The summed E-state index contributed by atoms with van der Waals surface area (Å²) in [6, 6.07) is 13.7. The lowest BCUT2D eigenvalue weighted by Gasteiger charge is -2.35. The maximum absolute atomic E-state index is 9.21. The number of halogens is 2. The number of para-hydroxylation sites is 1. The Morgan fingerprint density at radius 1 is 1.08 bits per heavy atom. The summed E-state index contributed by atoms with van der Waals surface area (Å²) in [6.45, 7) is 4.56. The maximum atomic E-state index is 9.21. The van der Waals surface area contributed by atoms with Crippen molar-refractivity contribution in [3.05, 3.63) is 54.2 Å². The number of benzene rings is 1. The van der Waals surface area contributed by atoms with Gasteiger partial charge in [-0.3, -0.25) is 4.90 Å². The first-order valence-corrected chi connectivity index (χ1v) is 8.11. The fourth-order valence-corrected chi connectivity index (χ4v) is 2.87. The van der Waals surface area contributed by atoms with E-state index in [2.05, 4.69) is 14.8 Å². The fourth-order valence-electron chi connectivity index (χ4n) is 2.77. The van der Waals surface area contributed by atoms with Crippen molar-refractivity contribution in [2.75, 3.05) is 31.1 Å². The van der Waals surface area contributed by atoms with E-state index in [0.717, 1.165) is 44.1 Å². The molecular weight excluding hydrogens is 349 g/mol. The van der Waals surface area contributed by atoms with E-state index in [9.17, 15) is 5.11 Å². The lowest BCUT2D eigenvalue weighted by Crippen LogP contribution is -2.46. The molecule has 2 aromatic rings. The number of piperazine rings is 1. The molecule has 1 N–H and O–H groups in total. The Hall–Kier alpha value is -1.53. The molecule has 3 rings (SSSR count). The van der Waals surface area contributed by atoms with Crippen molar-refractivity contribution in [1.29, 1.82) is 0 Å². The van der Waals surface area contributed by atoms with Crippen molar-refractivity contribution in [2.45, 2.75) is 12.3 Å². The molecule has 0 amide bonds. The molecule has 1 unspecified atom stereocenters. The second kappa shape index (κ2) is 9.08. The van der Waals surface area contributed by atoms with Gasteiger partial charge in [0.15, 0.2) is 0 Å². The van der Waals surface area contributed by atoms with Crippen LogP contribution in [0.15, 0.2) is 48.7 Å². The minimum atomic E-state index is -1.32. The van der Waals surface area contributed by atoms with Crippen LogP contribution in [0.1, 0.15) is 5.56 Å². The Labute approximate surface area is 153 Å². The van der Waals surface area contributed by atoms with Crippen LogP contribution in [0.4, 0.5) is 5.82 Å². The molecule has 0 bridgehead atoms. The molecule has 0 radical (unpaired) electrons. The number of nitrogens with zero attached hydrogens (tertiary/aromatic N) is 3. The van der Waals surface area contributed by atoms with Crippen molar-refractivity contribution >= 4 is 29.8 Å². The predicted molar refractivity (Wildman–Crippen MR) is 97.9 cm³/mol. The van der Waals surface area contributed by atoms with Gasteiger partial charge >= 0.3 is 0 Å². The second-order valence-corrected chi connectivity index (χ2v) is 5.84. The predicted octanol–water partition coefficient (Wildman–Crippen LogP) is 2.72. The van der Waals surface area contributed by atoms with Crippen molar-refractivity contribution < 1.29 is 9.84 Å². The molecule has 2 heterocycles. The summed E-state index contributed by atoms with van der Waals surface area (Å²) in [4.78, 5) is 9.06. The molecule has 130 valence electrons. The van der Waals surface area contributed by atoms with Gasteiger partial charge in [-0.1, -0.05) is 24.3 Å². The first-order valence-electron chi connectivity index (χ1n) is 7.67. The Morgan fingerprint density at radius 3 is 2.46 bits per heavy atom. The van der Waals surface area contributed by atoms with Gasteiger partial charge in [0.2, 0.25) is 0 Å². The molecule has 0 spiro atoms. The number of aliphatic hydroxyl groups is 1. The van der Waals surface area contributed by atoms with Crippen LogP contribution >= 0.6 is 24.0 Å². The van der Waals surface area contributed by atoms with Crippen molar-refractivity contribution in [2.24, 2.45) is 0 Å². The van der Waals surface area contributed by atoms with E-state index in [4.69, 9.17) is 16.3 Å². The molecule has 1 aliphatic heterocycles. The van der Waals surface area contributed by atoms with E-state index in [-0.39, 0.29) is 12.4 Å². The Morgan fingerprint density at radius 2 is 1.79 bits per heavy atom. The summed E-state index contributed by atoms with van der Waals surface area (Å²) >= 11 is 5.52. The highest BCUT2D eigenvalue weighted by atomic mass is 35.5. The summed E-state index contributed by atoms with van der Waals surface area (Å²) in [7, 11) is 0. The third-order valence-electron chi connectivity index (χ3n) is 3.94. The third kappa shape index (κ3) is 4.98. The zero-order valence-corrected chi connectivity index (χ0v) is 14.8. The number of hydrogen-bond donors (Lipinski definition) is 1. The molecule has 0 aliphatic carbocycles. The van der Waals surface area contributed by atoms with Crippen molar-refractivity contribution in [3.63, 3.8) is 0 Å². The van der Waals surface area contributed by atoms with Crippen LogP contribution in [0, 0.1) is 0 Å². The number of aromatic nitrogens is 1. The maximum Gasteiger partial charge on any atom is 0.277 e. The minimum Gasteiger partial charge on any atom is -0.451 e. The normalized spacial score (nSPS) is 16.3. The average Bonchev–Trinajstić information content (AvgIpc) is 2.58. The molecule has 5 nitrogen and oxygen atoms in total. The van der Waals surface area contributed by atoms with Gasteiger partial charge in [-0.15, -0.1) is 12.4 Å². The van der Waals surface area contributed by atoms with E-state index in [0.29, 0.717) is 5.75 Å². The van der Waals surface area contributed by atoms with Gasteiger partial charge in [0.25, 0.3) is 5.75 Å². The molecule has 24 heavy (non-hydrogen) atoms. The largest absolute Gasteiger partial charge is 0.451 e. The molecular formula is C17H21Cl2N3O2. The number of ether oxygens (including phenoxy) is 1. The third-order valence-corrected chi connectivity index (χ3v) is 4.03. The SMILES string of the molecule is Cl.OC(Cl)Oc1ccccc1CN1CCN(c2ccccn2)CC1. The van der Waals surface area contributed by atoms with Crippen LogP contribution in [0.2, 0.25) is 0 Å². The minimum absolute atomic E-state index is 0. The van der Waals surface area contributed by atoms with Crippen molar-refractivity contribution in [3.8, 4) is 5.75 Å². The summed E-state index contributed by atoms with van der Waals surface area (Å²) in [6.07, 6.45) is 1.83. The highest BCUT2D eigenvalue weighted by molar-refractivity contribution is 6.18. The monoisotopic (exact) mass is 369 g/mol. The van der Waals surface area contributed by atoms with Crippen LogP contribution in [-0.2, 0) is 6.54 Å². The number of pyridine rings is 1. The molecule has 0 saturated carbocycles. The fraction of sp³-hybridized carbons (Fsp3) is 0.353. The number of alkyl halides is 1. The Balaban J connectivity index is 0.00000208. The van der Waals surface area contributed by atoms with Gasteiger partial charge in [-0.2, -0.15) is 0 Å². The van der Waals surface area contributed by atoms with Gasteiger partial charge in [0, 0.05) is 44.5 Å². The molecule has 1 aromatic carbocycles. The van der Waals surface area contributed by atoms with Gasteiger partial charge in [-0.05, 0) is 29.8 Å². The highest BCUT2D eigenvalue weighted by Crippen LogP contribution is 2.22. The van der Waals surface area contributed by atoms with E-state index >= 15 is 0 Å². The number of anilines is 1. The molecule has 1 fully saturated rings. The topological polar surface area (TPSA) is 48.8 Å². The second-order valence-electron chi connectivity index (χ2n) is 5.47. The van der Waals surface area contributed by atoms with Crippen LogP contribution in [0.3, 0.4) is 0 Å². The number of rotatable bonds is 5. The smallest absolute Gasteiger partial charge is 0.277 e. The van der Waals surface area contributed by atoms with E-state index in [1.807, 2.05) is 48.7 Å². The van der Waals surface area contributed by atoms with Crippen LogP contribution in [-0.4, -0.2) is 46.9 Å².